The van der Waals surface area contributed by atoms with Crippen LogP contribution in [0.5, 0.6) is 11.6 Å². The first kappa shape index (κ1) is 16.0. The summed E-state index contributed by atoms with van der Waals surface area (Å²) in [7, 11) is 0. The van der Waals surface area contributed by atoms with Gasteiger partial charge >= 0.3 is 0 Å². The van der Waals surface area contributed by atoms with Crippen LogP contribution in [0.2, 0.25) is 0 Å². The van der Waals surface area contributed by atoms with Gasteiger partial charge in [-0.15, -0.1) is 0 Å². The topological polar surface area (TPSA) is 34.2 Å². The lowest BCUT2D eigenvalue weighted by Crippen LogP contribution is -2.19. The van der Waals surface area contributed by atoms with Crippen molar-refractivity contribution in [1.29, 1.82) is 0 Å². The summed E-state index contributed by atoms with van der Waals surface area (Å²) in [6.07, 6.45) is 2.92. The Labute approximate surface area is 134 Å². The monoisotopic (exact) mass is 348 g/mol. The number of rotatable bonds is 6. The minimum Gasteiger partial charge on any atom is -0.439 e. The molecule has 0 aliphatic rings. The fourth-order valence-electron chi connectivity index (χ4n) is 2.07. The highest BCUT2D eigenvalue weighted by molar-refractivity contribution is 9.10. The first-order valence-electron chi connectivity index (χ1n) is 7.23. The molecule has 0 saturated heterocycles. The molecule has 0 aliphatic heterocycles. The van der Waals surface area contributed by atoms with Crippen molar-refractivity contribution in [1.82, 2.24) is 10.3 Å². The Balaban J connectivity index is 2.13. The molecular weight excluding hydrogens is 328 g/mol. The lowest BCUT2D eigenvalue weighted by molar-refractivity contribution is 0.456. The molecule has 1 heterocycles. The smallest absolute Gasteiger partial charge is 0.219 e. The van der Waals surface area contributed by atoms with Crippen LogP contribution in [0, 0.1) is 6.92 Å². The maximum absolute atomic E-state index is 5.90. The molecule has 1 aromatic carbocycles. The summed E-state index contributed by atoms with van der Waals surface area (Å²) in [4.78, 5) is 4.30. The molecule has 1 aromatic heterocycles. The number of aryl methyl sites for hydroxylation is 1. The van der Waals surface area contributed by atoms with Crippen LogP contribution in [0.25, 0.3) is 0 Å². The minimum absolute atomic E-state index is 0.293. The van der Waals surface area contributed by atoms with Crippen molar-refractivity contribution in [3.05, 3.63) is 52.1 Å². The second kappa shape index (κ2) is 7.57. The number of halogens is 1. The maximum Gasteiger partial charge on any atom is 0.219 e. The van der Waals surface area contributed by atoms with Gasteiger partial charge in [-0.3, -0.25) is 0 Å². The third-order valence-corrected chi connectivity index (χ3v) is 3.80. The zero-order valence-corrected chi connectivity index (χ0v) is 14.3. The van der Waals surface area contributed by atoms with Gasteiger partial charge in [0.1, 0.15) is 5.75 Å². The van der Waals surface area contributed by atoms with Gasteiger partial charge in [0, 0.05) is 22.8 Å². The molecule has 1 atom stereocenters. The van der Waals surface area contributed by atoms with E-state index in [-0.39, 0.29) is 0 Å². The van der Waals surface area contributed by atoms with E-state index in [1.54, 1.807) is 6.20 Å². The highest BCUT2D eigenvalue weighted by Crippen LogP contribution is 2.27. The van der Waals surface area contributed by atoms with Gasteiger partial charge in [-0.05, 0) is 62.2 Å². The summed E-state index contributed by atoms with van der Waals surface area (Å²) in [5.74, 6) is 1.46. The van der Waals surface area contributed by atoms with Crippen molar-refractivity contribution in [2.24, 2.45) is 0 Å². The van der Waals surface area contributed by atoms with E-state index in [0.717, 1.165) is 28.8 Å². The van der Waals surface area contributed by atoms with Crippen LogP contribution in [0.4, 0.5) is 0 Å². The number of pyridine rings is 1. The highest BCUT2D eigenvalue weighted by Gasteiger charge is 2.08. The standard InChI is InChI=1S/C17H21BrN2O/c1-4-8-19-13(3)14-7-9-20-17(11-14)21-16-6-5-15(18)10-12(16)2/h5-7,9-11,13,19H,4,8H2,1-3H3. The van der Waals surface area contributed by atoms with Gasteiger partial charge in [-0.1, -0.05) is 22.9 Å². The van der Waals surface area contributed by atoms with Gasteiger partial charge in [0.2, 0.25) is 5.88 Å². The lowest BCUT2D eigenvalue weighted by Gasteiger charge is -2.15. The third-order valence-electron chi connectivity index (χ3n) is 3.31. The Hall–Kier alpha value is -1.39. The number of ether oxygens (including phenoxy) is 1. The second-order valence-corrected chi connectivity index (χ2v) is 6.03. The van der Waals surface area contributed by atoms with Crippen molar-refractivity contribution in [2.45, 2.75) is 33.2 Å². The largest absolute Gasteiger partial charge is 0.439 e. The summed E-state index contributed by atoms with van der Waals surface area (Å²) in [5.41, 5.74) is 2.26. The van der Waals surface area contributed by atoms with E-state index in [4.69, 9.17) is 4.74 Å². The van der Waals surface area contributed by atoms with Gasteiger partial charge in [-0.2, -0.15) is 0 Å². The molecule has 1 N–H and O–H groups in total. The zero-order valence-electron chi connectivity index (χ0n) is 12.7. The summed E-state index contributed by atoms with van der Waals surface area (Å²) in [6, 6.07) is 10.3. The fourth-order valence-corrected chi connectivity index (χ4v) is 2.54. The second-order valence-electron chi connectivity index (χ2n) is 5.12. The van der Waals surface area contributed by atoms with Crippen LogP contribution in [0.15, 0.2) is 41.0 Å². The van der Waals surface area contributed by atoms with E-state index in [2.05, 4.69) is 40.1 Å². The molecular formula is C17H21BrN2O. The molecule has 0 bridgehead atoms. The predicted octanol–water partition coefficient (Wildman–Crippen LogP) is 5.01. The van der Waals surface area contributed by atoms with E-state index in [1.807, 2.05) is 37.3 Å². The Bertz CT molecular complexity index is 601. The Morgan fingerprint density at radius 1 is 1.29 bits per heavy atom. The minimum atomic E-state index is 0.293. The average molecular weight is 349 g/mol. The van der Waals surface area contributed by atoms with E-state index < -0.39 is 0 Å². The summed E-state index contributed by atoms with van der Waals surface area (Å²) in [6.45, 7) is 7.34. The van der Waals surface area contributed by atoms with E-state index in [1.165, 1.54) is 5.56 Å². The van der Waals surface area contributed by atoms with Gasteiger partial charge in [0.05, 0.1) is 0 Å². The molecule has 4 heteroatoms. The summed E-state index contributed by atoms with van der Waals surface area (Å²) < 4.78 is 6.95. The summed E-state index contributed by atoms with van der Waals surface area (Å²) in [5, 5.41) is 3.47. The molecule has 0 fully saturated rings. The number of nitrogens with zero attached hydrogens (tertiary/aromatic N) is 1. The van der Waals surface area contributed by atoms with Gasteiger partial charge in [-0.25, -0.2) is 4.98 Å². The molecule has 1 unspecified atom stereocenters. The highest BCUT2D eigenvalue weighted by atomic mass is 79.9. The molecule has 0 amide bonds. The van der Waals surface area contributed by atoms with Crippen molar-refractivity contribution in [2.75, 3.05) is 6.54 Å². The zero-order chi connectivity index (χ0) is 15.2. The van der Waals surface area contributed by atoms with E-state index >= 15 is 0 Å². The van der Waals surface area contributed by atoms with E-state index in [0.29, 0.717) is 11.9 Å². The normalized spacial score (nSPS) is 12.2. The Morgan fingerprint density at radius 2 is 2.10 bits per heavy atom. The van der Waals surface area contributed by atoms with Gasteiger partial charge in [0.15, 0.2) is 0 Å². The number of hydrogen-bond donors (Lipinski definition) is 1. The molecule has 2 aromatic rings. The first-order chi connectivity index (χ1) is 10.1. The Kier molecular flexibility index (Phi) is 5.76. The van der Waals surface area contributed by atoms with Gasteiger partial charge in [0.25, 0.3) is 0 Å². The van der Waals surface area contributed by atoms with Gasteiger partial charge < -0.3 is 10.1 Å². The molecule has 0 aliphatic carbocycles. The number of hydrogen-bond acceptors (Lipinski definition) is 3. The molecule has 0 spiro atoms. The van der Waals surface area contributed by atoms with Crippen molar-refractivity contribution >= 4 is 15.9 Å². The molecule has 0 saturated carbocycles. The van der Waals surface area contributed by atoms with Crippen LogP contribution in [-0.2, 0) is 0 Å². The number of benzene rings is 1. The van der Waals surface area contributed by atoms with Crippen molar-refractivity contribution in [3.63, 3.8) is 0 Å². The first-order valence-corrected chi connectivity index (χ1v) is 8.02. The van der Waals surface area contributed by atoms with Crippen LogP contribution >= 0.6 is 15.9 Å². The molecule has 2 rings (SSSR count). The maximum atomic E-state index is 5.90. The summed E-state index contributed by atoms with van der Waals surface area (Å²) >= 11 is 3.46. The van der Waals surface area contributed by atoms with Crippen molar-refractivity contribution in [3.8, 4) is 11.6 Å². The molecule has 112 valence electrons. The quantitative estimate of drug-likeness (QED) is 0.796. The van der Waals surface area contributed by atoms with Crippen LogP contribution < -0.4 is 10.1 Å². The SMILES string of the molecule is CCCNC(C)c1ccnc(Oc2ccc(Br)cc2C)c1. The van der Waals surface area contributed by atoms with Crippen LogP contribution in [0.1, 0.15) is 37.4 Å². The fraction of sp³-hybridized carbons (Fsp3) is 0.353. The third kappa shape index (κ3) is 4.55. The lowest BCUT2D eigenvalue weighted by atomic mass is 10.1. The van der Waals surface area contributed by atoms with Crippen LogP contribution in [0.3, 0.4) is 0 Å². The average Bonchev–Trinajstić information content (AvgIpc) is 2.48. The molecule has 3 nitrogen and oxygen atoms in total. The van der Waals surface area contributed by atoms with E-state index in [9.17, 15) is 0 Å². The predicted molar refractivity (Wildman–Crippen MR) is 89.9 cm³/mol. The van der Waals surface area contributed by atoms with Crippen LogP contribution in [-0.4, -0.2) is 11.5 Å². The number of nitrogens with one attached hydrogen (secondary N) is 1. The van der Waals surface area contributed by atoms with Crippen molar-refractivity contribution < 1.29 is 4.74 Å². The molecule has 21 heavy (non-hydrogen) atoms. The number of aromatic nitrogens is 1. The molecule has 0 radical (unpaired) electrons. The Morgan fingerprint density at radius 3 is 2.81 bits per heavy atom.